The molecule has 8 heteroatoms. The lowest BCUT2D eigenvalue weighted by Crippen LogP contribution is -2.33. The molecule has 2 aliphatic rings. The van der Waals surface area contributed by atoms with E-state index in [1.165, 1.54) is 0 Å². The largest absolute Gasteiger partial charge is 0.748 e. The van der Waals surface area contributed by atoms with Crippen LogP contribution >= 0.6 is 0 Å². The molecule has 0 radical (unpaired) electrons. The van der Waals surface area contributed by atoms with Gasteiger partial charge in [0.05, 0.1) is 15.4 Å². The minimum Gasteiger partial charge on any atom is -0.748 e. The number of rotatable bonds is 3. The summed E-state index contributed by atoms with van der Waals surface area (Å²) in [5.74, 6) is 0.777. The molecule has 0 aromatic carbocycles. The fourth-order valence-corrected chi connectivity index (χ4v) is 5.42. The van der Waals surface area contributed by atoms with Crippen molar-refractivity contribution in [3.05, 3.63) is 0 Å². The zero-order valence-corrected chi connectivity index (χ0v) is 12.9. The third-order valence-electron chi connectivity index (χ3n) is 4.93. The second-order valence-corrected chi connectivity index (χ2v) is 9.43. The van der Waals surface area contributed by atoms with E-state index in [9.17, 15) is 21.4 Å². The molecule has 0 aromatic rings. The van der Waals surface area contributed by atoms with Gasteiger partial charge in [0.15, 0.2) is 0 Å². The molecular weight excluding hydrogens is 304 g/mol. The first-order valence-corrected chi connectivity index (χ1v) is 10.1. The molecule has 118 valence electrons. The minimum absolute atomic E-state index is 0.385. The third-order valence-corrected chi connectivity index (χ3v) is 7.54. The predicted octanol–water partition coefficient (Wildman–Crippen LogP) is 1.54. The van der Waals surface area contributed by atoms with E-state index in [2.05, 4.69) is 0 Å². The molecule has 0 amide bonds. The lowest BCUT2D eigenvalue weighted by Gasteiger charge is -2.37. The first-order chi connectivity index (χ1) is 9.18. The molecule has 0 saturated heterocycles. The van der Waals surface area contributed by atoms with E-state index in [4.69, 9.17) is 4.55 Å². The van der Waals surface area contributed by atoms with Gasteiger partial charge in [0, 0.05) is 5.25 Å². The monoisotopic (exact) mass is 325 g/mol. The van der Waals surface area contributed by atoms with Gasteiger partial charge in [0.1, 0.15) is 0 Å². The van der Waals surface area contributed by atoms with Crippen molar-refractivity contribution in [2.24, 2.45) is 11.8 Å². The Hall–Kier alpha value is -0.180. The fraction of sp³-hybridized carbons (Fsp3) is 1.00. The Kier molecular flexibility index (Phi) is 4.78. The molecule has 0 atom stereocenters. The summed E-state index contributed by atoms with van der Waals surface area (Å²) in [6.45, 7) is 0. The van der Waals surface area contributed by atoms with Crippen LogP contribution in [0.1, 0.15) is 51.4 Å². The van der Waals surface area contributed by atoms with E-state index in [1.54, 1.807) is 0 Å². The molecule has 2 aliphatic carbocycles. The van der Waals surface area contributed by atoms with Crippen molar-refractivity contribution >= 4 is 20.2 Å². The SMILES string of the molecule is O=S(=O)([O-])C1CCC(C2CCC(S(=O)(=O)O)CC2)CC1. The maximum absolute atomic E-state index is 11.1. The molecular formula is C12H21O6S2-. The summed E-state index contributed by atoms with van der Waals surface area (Å²) in [7, 11) is -8.10. The summed E-state index contributed by atoms with van der Waals surface area (Å²) in [4.78, 5) is 0. The van der Waals surface area contributed by atoms with Crippen LogP contribution in [0.3, 0.4) is 0 Å². The van der Waals surface area contributed by atoms with Gasteiger partial charge in [-0.1, -0.05) is 0 Å². The van der Waals surface area contributed by atoms with Gasteiger partial charge in [-0.25, -0.2) is 8.42 Å². The molecule has 0 aromatic heterocycles. The summed E-state index contributed by atoms with van der Waals surface area (Å²) in [5, 5.41) is -1.38. The second-order valence-electron chi connectivity index (χ2n) is 6.08. The Morgan fingerprint density at radius 1 is 0.700 bits per heavy atom. The van der Waals surface area contributed by atoms with E-state index >= 15 is 0 Å². The Labute approximate surface area is 120 Å². The molecule has 0 spiro atoms. The highest BCUT2D eigenvalue weighted by Crippen LogP contribution is 2.40. The summed E-state index contributed by atoms with van der Waals surface area (Å²) in [6.07, 6.45) is 4.77. The summed E-state index contributed by atoms with van der Waals surface area (Å²) >= 11 is 0. The maximum atomic E-state index is 11.1. The van der Waals surface area contributed by atoms with Gasteiger partial charge >= 0.3 is 0 Å². The van der Waals surface area contributed by atoms with Crippen molar-refractivity contribution in [3.8, 4) is 0 Å². The Morgan fingerprint density at radius 3 is 1.35 bits per heavy atom. The van der Waals surface area contributed by atoms with E-state index in [0.717, 1.165) is 25.7 Å². The van der Waals surface area contributed by atoms with Crippen LogP contribution in [0.2, 0.25) is 0 Å². The lowest BCUT2D eigenvalue weighted by molar-refractivity contribution is 0.194. The van der Waals surface area contributed by atoms with E-state index in [-0.39, 0.29) is 0 Å². The van der Waals surface area contributed by atoms with Gasteiger partial charge in [0.2, 0.25) is 0 Å². The first kappa shape index (κ1) is 16.2. The predicted molar refractivity (Wildman–Crippen MR) is 72.7 cm³/mol. The lowest BCUT2D eigenvalue weighted by atomic mass is 9.73. The zero-order valence-electron chi connectivity index (χ0n) is 11.3. The van der Waals surface area contributed by atoms with Crippen LogP contribution in [0.5, 0.6) is 0 Å². The van der Waals surface area contributed by atoms with Crippen molar-refractivity contribution in [1.82, 2.24) is 0 Å². The van der Waals surface area contributed by atoms with Gasteiger partial charge in [-0.15, -0.1) is 0 Å². The van der Waals surface area contributed by atoms with Crippen molar-refractivity contribution in [2.45, 2.75) is 61.9 Å². The molecule has 2 saturated carbocycles. The van der Waals surface area contributed by atoms with Crippen molar-refractivity contribution in [2.75, 3.05) is 0 Å². The number of hydrogen-bond acceptors (Lipinski definition) is 5. The van der Waals surface area contributed by atoms with Gasteiger partial charge in [0.25, 0.3) is 10.1 Å². The third kappa shape index (κ3) is 3.93. The Morgan fingerprint density at radius 2 is 1.05 bits per heavy atom. The smallest absolute Gasteiger partial charge is 0.267 e. The highest BCUT2D eigenvalue weighted by Gasteiger charge is 2.35. The molecule has 0 aliphatic heterocycles. The molecule has 1 N–H and O–H groups in total. The van der Waals surface area contributed by atoms with Crippen LogP contribution in [0.4, 0.5) is 0 Å². The second kappa shape index (κ2) is 5.90. The fourth-order valence-electron chi connectivity index (χ4n) is 3.71. The quantitative estimate of drug-likeness (QED) is 0.788. The van der Waals surface area contributed by atoms with Gasteiger partial charge < -0.3 is 4.55 Å². The van der Waals surface area contributed by atoms with Gasteiger partial charge in [-0.3, -0.25) is 4.55 Å². The maximum Gasteiger partial charge on any atom is 0.267 e. The Bertz CT molecular complexity index is 472. The zero-order chi connectivity index (χ0) is 15.0. The normalized spacial score (nSPS) is 36.7. The molecule has 20 heavy (non-hydrogen) atoms. The van der Waals surface area contributed by atoms with Crippen LogP contribution in [0, 0.1) is 11.8 Å². The topological polar surface area (TPSA) is 112 Å². The standard InChI is InChI=1S/C12H22O6S2/c13-19(14,15)11-5-1-9(2-6-11)10-3-7-12(8-4-10)20(16,17)18/h9-12H,1-8H2,(H,13,14,15)(H,16,17,18)/p-1. The Balaban J connectivity index is 1.85. The van der Waals surface area contributed by atoms with Crippen LogP contribution in [0.15, 0.2) is 0 Å². The average molecular weight is 325 g/mol. The van der Waals surface area contributed by atoms with Crippen molar-refractivity contribution in [3.63, 3.8) is 0 Å². The van der Waals surface area contributed by atoms with Crippen LogP contribution in [0.25, 0.3) is 0 Å². The molecule has 0 unspecified atom stereocenters. The van der Waals surface area contributed by atoms with E-state index in [0.29, 0.717) is 37.5 Å². The van der Waals surface area contributed by atoms with Crippen molar-refractivity contribution in [1.29, 1.82) is 0 Å². The summed E-state index contributed by atoms with van der Waals surface area (Å²) < 4.78 is 64.1. The van der Waals surface area contributed by atoms with Crippen LogP contribution in [-0.2, 0) is 20.2 Å². The molecule has 2 rings (SSSR count). The van der Waals surface area contributed by atoms with E-state index in [1.807, 2.05) is 0 Å². The minimum atomic E-state index is -4.17. The van der Waals surface area contributed by atoms with Crippen LogP contribution in [-0.4, -0.2) is 36.4 Å². The molecule has 0 heterocycles. The first-order valence-electron chi connectivity index (χ1n) is 7.09. The highest BCUT2D eigenvalue weighted by molar-refractivity contribution is 7.86. The van der Waals surface area contributed by atoms with Gasteiger partial charge in [-0.2, -0.15) is 8.42 Å². The van der Waals surface area contributed by atoms with Crippen molar-refractivity contribution < 1.29 is 25.9 Å². The van der Waals surface area contributed by atoms with Gasteiger partial charge in [-0.05, 0) is 63.2 Å². The summed E-state index contributed by atoms with van der Waals surface area (Å²) in [5.41, 5.74) is 0. The molecule has 6 nitrogen and oxygen atoms in total. The van der Waals surface area contributed by atoms with Crippen LogP contribution < -0.4 is 0 Å². The van der Waals surface area contributed by atoms with E-state index < -0.39 is 30.7 Å². The average Bonchev–Trinajstić information content (AvgIpc) is 2.37. The summed E-state index contributed by atoms with van der Waals surface area (Å²) in [6, 6.07) is 0. The highest BCUT2D eigenvalue weighted by atomic mass is 32.2. The molecule has 2 fully saturated rings. The molecule has 0 bridgehead atoms. The number of hydrogen-bond donors (Lipinski definition) is 1.